The van der Waals surface area contributed by atoms with Crippen LogP contribution >= 0.6 is 0 Å². The number of aryl methyl sites for hydroxylation is 1. The molecule has 0 fully saturated rings. The molecule has 0 saturated heterocycles. The molecule has 3 aromatic rings. The monoisotopic (exact) mass is 414 g/mol. The van der Waals surface area contributed by atoms with Gasteiger partial charge in [0.15, 0.2) is 6.10 Å². The Morgan fingerprint density at radius 3 is 2.39 bits per heavy atom. The number of benzene rings is 3. The molecule has 0 heterocycles. The lowest BCUT2D eigenvalue weighted by molar-refractivity contribution is -0.149. The van der Waals surface area contributed by atoms with E-state index in [1.807, 2.05) is 24.3 Å². The molecule has 31 heavy (non-hydrogen) atoms. The van der Waals surface area contributed by atoms with Gasteiger partial charge in [-0.15, -0.1) is 0 Å². The standard InChI is InChI=1S/C27H26O4/c1-3-30-26(27(28)29)17-19-9-11-20(12-10-19)31-15-14-24-21-6-4-5-7-22(21)25-16-18(2)8-13-23(24)25/h4-14,16,26H,3,15,17H2,1-2H3,(H,28,29). The van der Waals surface area contributed by atoms with Gasteiger partial charge >= 0.3 is 5.97 Å². The number of carboxylic acid groups (broad SMARTS) is 1. The van der Waals surface area contributed by atoms with E-state index in [9.17, 15) is 9.90 Å². The molecule has 0 spiro atoms. The van der Waals surface area contributed by atoms with Crippen LogP contribution in [0.3, 0.4) is 0 Å². The molecule has 1 atom stereocenters. The molecule has 1 unspecified atom stereocenters. The van der Waals surface area contributed by atoms with Gasteiger partial charge in [0.1, 0.15) is 12.4 Å². The van der Waals surface area contributed by atoms with E-state index in [1.54, 1.807) is 6.92 Å². The highest BCUT2D eigenvalue weighted by Gasteiger charge is 2.22. The predicted molar refractivity (Wildman–Crippen MR) is 122 cm³/mol. The van der Waals surface area contributed by atoms with Gasteiger partial charge in [-0.3, -0.25) is 0 Å². The van der Waals surface area contributed by atoms with Crippen LogP contribution in [-0.2, 0) is 16.0 Å². The predicted octanol–water partition coefficient (Wildman–Crippen LogP) is 5.52. The minimum absolute atomic E-state index is 0.334. The van der Waals surface area contributed by atoms with E-state index in [-0.39, 0.29) is 0 Å². The van der Waals surface area contributed by atoms with E-state index in [0.717, 1.165) is 11.3 Å². The minimum atomic E-state index is -0.943. The third-order valence-corrected chi connectivity index (χ3v) is 5.50. The number of hydrogen-bond donors (Lipinski definition) is 1. The van der Waals surface area contributed by atoms with Crippen molar-refractivity contribution >= 4 is 11.5 Å². The van der Waals surface area contributed by atoms with E-state index < -0.39 is 12.1 Å². The highest BCUT2D eigenvalue weighted by atomic mass is 16.5. The van der Waals surface area contributed by atoms with Gasteiger partial charge in [-0.25, -0.2) is 4.79 Å². The lowest BCUT2D eigenvalue weighted by Crippen LogP contribution is -2.26. The zero-order valence-corrected chi connectivity index (χ0v) is 17.8. The fraction of sp³-hybridized carbons (Fsp3) is 0.222. The van der Waals surface area contributed by atoms with Crippen LogP contribution in [0.4, 0.5) is 0 Å². The fourth-order valence-electron chi connectivity index (χ4n) is 4.01. The summed E-state index contributed by atoms with van der Waals surface area (Å²) in [5.74, 6) is -0.194. The lowest BCUT2D eigenvalue weighted by atomic mass is 10.0. The van der Waals surface area contributed by atoms with Crippen LogP contribution in [0.15, 0.2) is 72.8 Å². The number of aliphatic carboxylic acids is 1. The third-order valence-electron chi connectivity index (χ3n) is 5.50. The molecule has 4 rings (SSSR count). The van der Waals surface area contributed by atoms with E-state index in [0.29, 0.717) is 19.6 Å². The van der Waals surface area contributed by atoms with E-state index in [2.05, 4.69) is 55.5 Å². The Bertz CT molecular complexity index is 1110. The summed E-state index contributed by atoms with van der Waals surface area (Å²) in [6, 6.07) is 22.6. The Hall–Kier alpha value is -3.37. The smallest absolute Gasteiger partial charge is 0.333 e. The Morgan fingerprint density at radius 2 is 1.68 bits per heavy atom. The van der Waals surface area contributed by atoms with Crippen molar-refractivity contribution < 1.29 is 19.4 Å². The van der Waals surface area contributed by atoms with E-state index >= 15 is 0 Å². The zero-order valence-electron chi connectivity index (χ0n) is 17.8. The molecular formula is C27H26O4. The van der Waals surface area contributed by atoms with Crippen LogP contribution in [-0.4, -0.2) is 30.4 Å². The molecule has 4 heteroatoms. The molecule has 1 aliphatic rings. The number of carboxylic acids is 1. The molecule has 4 nitrogen and oxygen atoms in total. The highest BCUT2D eigenvalue weighted by Crippen LogP contribution is 2.44. The first-order chi connectivity index (χ1) is 15.1. The van der Waals surface area contributed by atoms with Crippen molar-refractivity contribution in [2.45, 2.75) is 26.4 Å². The quantitative estimate of drug-likeness (QED) is 0.413. The second-order valence-corrected chi connectivity index (χ2v) is 7.65. The van der Waals surface area contributed by atoms with Gasteiger partial charge in [0.05, 0.1) is 0 Å². The Morgan fingerprint density at radius 1 is 0.968 bits per heavy atom. The van der Waals surface area contributed by atoms with Crippen molar-refractivity contribution in [2.75, 3.05) is 13.2 Å². The number of rotatable bonds is 8. The Kier molecular flexibility index (Phi) is 6.19. The van der Waals surface area contributed by atoms with Crippen molar-refractivity contribution in [3.05, 3.63) is 95.1 Å². The van der Waals surface area contributed by atoms with Gasteiger partial charge in [-0.05, 0) is 65.4 Å². The molecule has 3 aromatic carbocycles. The summed E-state index contributed by atoms with van der Waals surface area (Å²) < 4.78 is 11.2. The number of hydrogen-bond acceptors (Lipinski definition) is 3. The summed E-state index contributed by atoms with van der Waals surface area (Å²) in [6.07, 6.45) is 1.64. The highest BCUT2D eigenvalue weighted by molar-refractivity contribution is 6.01. The SMILES string of the molecule is CCOC(Cc1ccc(OCC=C2c3ccccc3-c3cc(C)ccc32)cc1)C(=O)O. The molecule has 0 saturated carbocycles. The maximum absolute atomic E-state index is 11.3. The van der Waals surface area contributed by atoms with Gasteiger partial charge in [-0.1, -0.05) is 60.2 Å². The number of fused-ring (bicyclic) bond motifs is 3. The van der Waals surface area contributed by atoms with Crippen molar-refractivity contribution in [2.24, 2.45) is 0 Å². The van der Waals surface area contributed by atoms with Crippen molar-refractivity contribution in [3.8, 4) is 16.9 Å². The number of ether oxygens (including phenoxy) is 2. The largest absolute Gasteiger partial charge is 0.490 e. The summed E-state index contributed by atoms with van der Waals surface area (Å²) in [5, 5.41) is 9.24. The molecular weight excluding hydrogens is 388 g/mol. The normalized spacial score (nSPS) is 14.2. The maximum Gasteiger partial charge on any atom is 0.333 e. The summed E-state index contributed by atoms with van der Waals surface area (Å²) in [7, 11) is 0. The van der Waals surface area contributed by atoms with Crippen LogP contribution in [0.1, 0.15) is 29.2 Å². The Balaban J connectivity index is 1.46. The molecule has 0 aromatic heterocycles. The average molecular weight is 415 g/mol. The summed E-state index contributed by atoms with van der Waals surface area (Å²) in [4.78, 5) is 11.3. The summed E-state index contributed by atoms with van der Waals surface area (Å²) in [6.45, 7) is 4.74. The van der Waals surface area contributed by atoms with Crippen molar-refractivity contribution in [3.63, 3.8) is 0 Å². The second kappa shape index (κ2) is 9.19. The molecule has 1 N–H and O–H groups in total. The van der Waals surface area contributed by atoms with Gasteiger partial charge in [0, 0.05) is 13.0 Å². The van der Waals surface area contributed by atoms with Crippen LogP contribution in [0.2, 0.25) is 0 Å². The first kappa shape index (κ1) is 20.9. The molecule has 0 amide bonds. The third kappa shape index (κ3) is 4.54. The molecule has 0 aliphatic heterocycles. The van der Waals surface area contributed by atoms with Crippen LogP contribution in [0.5, 0.6) is 5.75 Å². The summed E-state index contributed by atoms with van der Waals surface area (Å²) in [5.41, 5.74) is 8.36. The molecule has 0 radical (unpaired) electrons. The molecule has 0 bridgehead atoms. The van der Waals surface area contributed by atoms with Gasteiger partial charge < -0.3 is 14.6 Å². The van der Waals surface area contributed by atoms with E-state index in [1.165, 1.54) is 33.4 Å². The second-order valence-electron chi connectivity index (χ2n) is 7.65. The van der Waals surface area contributed by atoms with Gasteiger partial charge in [0.25, 0.3) is 0 Å². The average Bonchev–Trinajstić information content (AvgIpc) is 3.07. The first-order valence-corrected chi connectivity index (χ1v) is 10.5. The Labute approximate surface area is 182 Å². The first-order valence-electron chi connectivity index (χ1n) is 10.5. The zero-order chi connectivity index (χ0) is 21.8. The lowest BCUT2D eigenvalue weighted by Gasteiger charge is -2.12. The fourth-order valence-corrected chi connectivity index (χ4v) is 4.01. The van der Waals surface area contributed by atoms with Gasteiger partial charge in [-0.2, -0.15) is 0 Å². The van der Waals surface area contributed by atoms with Crippen LogP contribution < -0.4 is 4.74 Å². The van der Waals surface area contributed by atoms with Gasteiger partial charge in [0.2, 0.25) is 0 Å². The topological polar surface area (TPSA) is 55.8 Å². The van der Waals surface area contributed by atoms with Crippen LogP contribution in [0.25, 0.3) is 16.7 Å². The molecule has 158 valence electrons. The minimum Gasteiger partial charge on any atom is -0.490 e. The van der Waals surface area contributed by atoms with Crippen molar-refractivity contribution in [1.29, 1.82) is 0 Å². The van der Waals surface area contributed by atoms with Crippen molar-refractivity contribution in [1.82, 2.24) is 0 Å². The maximum atomic E-state index is 11.3. The molecule has 1 aliphatic carbocycles. The van der Waals surface area contributed by atoms with Crippen LogP contribution in [0, 0.1) is 6.92 Å². The number of carbonyl (C=O) groups is 1. The summed E-state index contributed by atoms with van der Waals surface area (Å²) >= 11 is 0. The van der Waals surface area contributed by atoms with E-state index in [4.69, 9.17) is 9.47 Å².